The molecule has 0 bridgehead atoms. The fraction of sp³-hybridized carbons (Fsp3) is 0.786. The summed E-state index contributed by atoms with van der Waals surface area (Å²) in [5.74, 6) is 7.52. The van der Waals surface area contributed by atoms with Gasteiger partial charge in [0, 0.05) is 31.9 Å². The van der Waals surface area contributed by atoms with Crippen molar-refractivity contribution in [2.75, 3.05) is 0 Å². The van der Waals surface area contributed by atoms with E-state index in [1.54, 1.807) is 0 Å². The van der Waals surface area contributed by atoms with Gasteiger partial charge >= 0.3 is 0 Å². The number of imidazole rings is 1. The van der Waals surface area contributed by atoms with Crippen LogP contribution in [0.15, 0.2) is 12.4 Å². The maximum Gasteiger partial charge on any atom is 0.108 e. The van der Waals surface area contributed by atoms with Gasteiger partial charge in [0.15, 0.2) is 0 Å². The van der Waals surface area contributed by atoms with Gasteiger partial charge in [-0.3, -0.25) is 11.3 Å². The lowest BCUT2D eigenvalue weighted by Crippen LogP contribution is -2.39. The van der Waals surface area contributed by atoms with Crippen molar-refractivity contribution in [3.05, 3.63) is 18.2 Å². The van der Waals surface area contributed by atoms with Crippen LogP contribution in [0.4, 0.5) is 0 Å². The quantitative estimate of drug-likeness (QED) is 0.619. The molecule has 1 aromatic heterocycles. The number of hydrogen-bond donors (Lipinski definition) is 2. The Hall–Kier alpha value is -0.870. The van der Waals surface area contributed by atoms with Crippen LogP contribution < -0.4 is 11.3 Å². The highest BCUT2D eigenvalue weighted by molar-refractivity contribution is 5.16. The largest absolute Gasteiger partial charge is 0.338 e. The first-order valence-electron chi connectivity index (χ1n) is 6.74. The fourth-order valence-corrected chi connectivity index (χ4v) is 3.52. The zero-order valence-corrected chi connectivity index (χ0v) is 12.2. The summed E-state index contributed by atoms with van der Waals surface area (Å²) in [5.41, 5.74) is 3.75. The number of aromatic nitrogens is 2. The van der Waals surface area contributed by atoms with E-state index in [9.17, 15) is 0 Å². The highest BCUT2D eigenvalue weighted by atomic mass is 15.2. The predicted molar refractivity (Wildman–Crippen MR) is 73.7 cm³/mol. The molecule has 0 spiro atoms. The van der Waals surface area contributed by atoms with Crippen molar-refractivity contribution in [3.8, 4) is 0 Å². The Labute approximate surface area is 110 Å². The maximum absolute atomic E-state index is 5.76. The van der Waals surface area contributed by atoms with Crippen molar-refractivity contribution in [1.29, 1.82) is 0 Å². The highest BCUT2D eigenvalue weighted by Gasteiger charge is 2.66. The van der Waals surface area contributed by atoms with Gasteiger partial charge < -0.3 is 4.57 Å². The van der Waals surface area contributed by atoms with Crippen molar-refractivity contribution in [1.82, 2.24) is 15.0 Å². The third-order valence-electron chi connectivity index (χ3n) is 5.35. The number of nitrogens with one attached hydrogen (secondary N) is 1. The van der Waals surface area contributed by atoms with Crippen molar-refractivity contribution < 1.29 is 0 Å². The van der Waals surface area contributed by atoms with Gasteiger partial charge in [-0.05, 0) is 23.2 Å². The minimum Gasteiger partial charge on any atom is -0.338 e. The monoisotopic (exact) mass is 250 g/mol. The first kappa shape index (κ1) is 13.6. The third kappa shape index (κ3) is 1.97. The van der Waals surface area contributed by atoms with Crippen LogP contribution in [-0.2, 0) is 13.5 Å². The predicted octanol–water partition coefficient (Wildman–Crippen LogP) is 1.87. The summed E-state index contributed by atoms with van der Waals surface area (Å²) in [4.78, 5) is 4.37. The normalized spacial score (nSPS) is 23.0. The maximum atomic E-state index is 5.76. The summed E-state index contributed by atoms with van der Waals surface area (Å²) in [5, 5.41) is 0. The molecule has 1 fully saturated rings. The Morgan fingerprint density at radius 1 is 1.39 bits per heavy atom. The number of nitrogens with zero attached hydrogens (tertiary/aromatic N) is 2. The molecule has 4 nitrogen and oxygen atoms in total. The smallest absolute Gasteiger partial charge is 0.108 e. The Balaban J connectivity index is 1.98. The van der Waals surface area contributed by atoms with Crippen molar-refractivity contribution in [2.24, 2.45) is 29.6 Å². The second-order valence-corrected chi connectivity index (χ2v) is 6.69. The molecule has 0 aromatic carbocycles. The second kappa shape index (κ2) is 4.35. The van der Waals surface area contributed by atoms with Crippen molar-refractivity contribution >= 4 is 0 Å². The van der Waals surface area contributed by atoms with Crippen molar-refractivity contribution in [2.45, 2.75) is 46.6 Å². The second-order valence-electron chi connectivity index (χ2n) is 6.69. The van der Waals surface area contributed by atoms with Crippen LogP contribution in [0.25, 0.3) is 0 Å². The lowest BCUT2D eigenvalue weighted by atomic mass is 10.00. The molecule has 102 valence electrons. The van der Waals surface area contributed by atoms with E-state index in [-0.39, 0.29) is 0 Å². The minimum atomic E-state index is 0.367. The fourth-order valence-electron chi connectivity index (χ4n) is 3.52. The lowest BCUT2D eigenvalue weighted by Gasteiger charge is -2.18. The molecule has 1 unspecified atom stereocenters. The summed E-state index contributed by atoms with van der Waals surface area (Å²) < 4.78 is 2.08. The zero-order valence-electron chi connectivity index (χ0n) is 12.2. The van der Waals surface area contributed by atoms with Crippen LogP contribution in [0, 0.1) is 16.7 Å². The van der Waals surface area contributed by atoms with E-state index in [4.69, 9.17) is 5.84 Å². The van der Waals surface area contributed by atoms with Crippen molar-refractivity contribution in [3.63, 3.8) is 0 Å². The Bertz CT molecular complexity index is 405. The van der Waals surface area contributed by atoms with Crippen LogP contribution in [0.1, 0.15) is 39.9 Å². The minimum absolute atomic E-state index is 0.367. The molecule has 1 atom stereocenters. The molecule has 2 rings (SSSR count). The lowest BCUT2D eigenvalue weighted by molar-refractivity contribution is 0.379. The molecule has 0 aliphatic heterocycles. The Morgan fingerprint density at radius 3 is 2.39 bits per heavy atom. The molecule has 1 saturated carbocycles. The summed E-state index contributed by atoms with van der Waals surface area (Å²) >= 11 is 0. The topological polar surface area (TPSA) is 55.9 Å². The molecule has 18 heavy (non-hydrogen) atoms. The summed E-state index contributed by atoms with van der Waals surface area (Å²) in [6, 6.07) is 0.367. The first-order chi connectivity index (χ1) is 8.32. The van der Waals surface area contributed by atoms with Gasteiger partial charge in [0.25, 0.3) is 0 Å². The molecule has 3 N–H and O–H groups in total. The molecule has 4 heteroatoms. The van der Waals surface area contributed by atoms with E-state index in [2.05, 4.69) is 42.7 Å². The van der Waals surface area contributed by atoms with Crippen LogP contribution in [0.3, 0.4) is 0 Å². The molecule has 1 aromatic rings. The molecule has 1 aliphatic rings. The van der Waals surface area contributed by atoms with Gasteiger partial charge in [-0.1, -0.05) is 27.7 Å². The van der Waals surface area contributed by atoms with E-state index in [1.807, 2.05) is 19.4 Å². The molecule has 1 aliphatic carbocycles. The molecular weight excluding hydrogens is 224 g/mol. The van der Waals surface area contributed by atoms with Crippen LogP contribution in [0.5, 0.6) is 0 Å². The van der Waals surface area contributed by atoms with E-state index in [0.29, 0.717) is 22.8 Å². The molecule has 0 radical (unpaired) electrons. The third-order valence-corrected chi connectivity index (χ3v) is 5.35. The average molecular weight is 250 g/mol. The van der Waals surface area contributed by atoms with Gasteiger partial charge in [-0.25, -0.2) is 4.98 Å². The molecule has 0 saturated heterocycles. The Morgan fingerprint density at radius 2 is 2.00 bits per heavy atom. The van der Waals surface area contributed by atoms with Gasteiger partial charge in [-0.15, -0.1) is 0 Å². The number of rotatable bonds is 5. The molecular formula is C14H26N4. The van der Waals surface area contributed by atoms with E-state index in [0.717, 1.165) is 18.7 Å². The summed E-state index contributed by atoms with van der Waals surface area (Å²) in [6.45, 7) is 9.34. The first-order valence-corrected chi connectivity index (χ1v) is 6.74. The number of hydrogen-bond acceptors (Lipinski definition) is 3. The van der Waals surface area contributed by atoms with Gasteiger partial charge in [0.2, 0.25) is 0 Å². The summed E-state index contributed by atoms with van der Waals surface area (Å²) in [7, 11) is 2.04. The average Bonchev–Trinajstić information content (AvgIpc) is 2.63. The van der Waals surface area contributed by atoms with E-state index < -0.39 is 0 Å². The standard InChI is InChI=1S/C14H26N4/c1-13(2)12(14(13,3)4)10(17-15)6-7-11-16-8-9-18(11)5/h8-10,12,17H,6-7,15H2,1-5H3. The van der Waals surface area contributed by atoms with Crippen LogP contribution >= 0.6 is 0 Å². The van der Waals surface area contributed by atoms with Gasteiger partial charge in [-0.2, -0.15) is 0 Å². The molecule has 0 amide bonds. The van der Waals surface area contributed by atoms with Gasteiger partial charge in [0.05, 0.1) is 0 Å². The Kier molecular flexibility index (Phi) is 3.28. The number of hydrazine groups is 1. The van der Waals surface area contributed by atoms with Crippen LogP contribution in [0.2, 0.25) is 0 Å². The van der Waals surface area contributed by atoms with E-state index >= 15 is 0 Å². The van der Waals surface area contributed by atoms with E-state index in [1.165, 1.54) is 0 Å². The summed E-state index contributed by atoms with van der Waals surface area (Å²) in [6.07, 6.45) is 5.86. The highest BCUT2D eigenvalue weighted by Crippen LogP contribution is 2.69. The number of aryl methyl sites for hydroxylation is 2. The number of nitrogens with two attached hydrogens (primary N) is 1. The molecule has 1 heterocycles. The van der Waals surface area contributed by atoms with Gasteiger partial charge in [0.1, 0.15) is 5.82 Å². The SMILES string of the molecule is Cn1ccnc1CCC(NN)C1C(C)(C)C1(C)C. The van der Waals surface area contributed by atoms with Crippen LogP contribution in [-0.4, -0.2) is 15.6 Å². The zero-order chi connectivity index (χ0) is 13.6.